The standard InChI is InChI=1S/C11H10ClN3O/c1-7-8(4-5-10(12)14-7)15-11(16)9-3-2-6-13-9/h2-6,13H,1H3,(H,15,16). The van der Waals surface area contributed by atoms with Gasteiger partial charge in [0.1, 0.15) is 10.8 Å². The molecule has 4 nitrogen and oxygen atoms in total. The van der Waals surface area contributed by atoms with E-state index in [0.717, 1.165) is 0 Å². The van der Waals surface area contributed by atoms with Gasteiger partial charge in [-0.3, -0.25) is 4.79 Å². The first kappa shape index (κ1) is 10.7. The average molecular weight is 236 g/mol. The van der Waals surface area contributed by atoms with Crippen LogP contribution in [0.1, 0.15) is 16.2 Å². The van der Waals surface area contributed by atoms with Gasteiger partial charge in [0, 0.05) is 6.20 Å². The summed E-state index contributed by atoms with van der Waals surface area (Å²) in [5.74, 6) is -0.197. The van der Waals surface area contributed by atoms with Crippen molar-refractivity contribution in [3.8, 4) is 0 Å². The summed E-state index contributed by atoms with van der Waals surface area (Å²) >= 11 is 5.72. The molecule has 2 aromatic heterocycles. The second kappa shape index (κ2) is 4.37. The van der Waals surface area contributed by atoms with Crippen LogP contribution in [-0.4, -0.2) is 15.9 Å². The van der Waals surface area contributed by atoms with Gasteiger partial charge in [0.25, 0.3) is 5.91 Å². The van der Waals surface area contributed by atoms with Crippen LogP contribution in [0.25, 0.3) is 0 Å². The monoisotopic (exact) mass is 235 g/mol. The third-order valence-electron chi connectivity index (χ3n) is 2.14. The fourth-order valence-corrected chi connectivity index (χ4v) is 1.51. The van der Waals surface area contributed by atoms with E-state index in [1.165, 1.54) is 0 Å². The molecule has 2 heterocycles. The van der Waals surface area contributed by atoms with E-state index in [4.69, 9.17) is 11.6 Å². The zero-order chi connectivity index (χ0) is 11.5. The van der Waals surface area contributed by atoms with Crippen LogP contribution in [0.2, 0.25) is 5.15 Å². The summed E-state index contributed by atoms with van der Waals surface area (Å²) in [6, 6.07) is 6.83. The first-order valence-corrected chi connectivity index (χ1v) is 5.12. The molecule has 16 heavy (non-hydrogen) atoms. The van der Waals surface area contributed by atoms with Crippen molar-refractivity contribution in [2.24, 2.45) is 0 Å². The van der Waals surface area contributed by atoms with E-state index < -0.39 is 0 Å². The summed E-state index contributed by atoms with van der Waals surface area (Å²) in [4.78, 5) is 18.6. The van der Waals surface area contributed by atoms with Crippen molar-refractivity contribution in [3.63, 3.8) is 0 Å². The number of nitrogens with zero attached hydrogens (tertiary/aromatic N) is 1. The molecule has 0 saturated carbocycles. The maximum Gasteiger partial charge on any atom is 0.272 e. The third-order valence-corrected chi connectivity index (χ3v) is 2.35. The summed E-state index contributed by atoms with van der Waals surface area (Å²) in [7, 11) is 0. The van der Waals surface area contributed by atoms with E-state index in [1.807, 2.05) is 0 Å². The zero-order valence-electron chi connectivity index (χ0n) is 8.62. The van der Waals surface area contributed by atoms with Gasteiger partial charge in [-0.05, 0) is 31.2 Å². The Labute approximate surface area is 97.7 Å². The fraction of sp³-hybridized carbons (Fsp3) is 0.0909. The van der Waals surface area contributed by atoms with E-state index in [0.29, 0.717) is 22.2 Å². The first-order chi connectivity index (χ1) is 7.66. The molecule has 0 aliphatic carbocycles. The molecule has 5 heteroatoms. The molecule has 0 spiro atoms. The van der Waals surface area contributed by atoms with Gasteiger partial charge in [-0.1, -0.05) is 11.6 Å². The van der Waals surface area contributed by atoms with Gasteiger partial charge in [-0.15, -0.1) is 0 Å². The van der Waals surface area contributed by atoms with Crippen molar-refractivity contribution < 1.29 is 4.79 Å². The molecule has 0 fully saturated rings. The Hall–Kier alpha value is -1.81. The van der Waals surface area contributed by atoms with Crippen LogP contribution in [0, 0.1) is 6.92 Å². The number of hydrogen-bond acceptors (Lipinski definition) is 2. The predicted octanol–water partition coefficient (Wildman–Crippen LogP) is 2.62. The SMILES string of the molecule is Cc1nc(Cl)ccc1NC(=O)c1ccc[nH]1. The van der Waals surface area contributed by atoms with Crippen molar-refractivity contribution >= 4 is 23.2 Å². The molecule has 0 aliphatic heterocycles. The minimum Gasteiger partial charge on any atom is -0.357 e. The summed E-state index contributed by atoms with van der Waals surface area (Å²) in [6.45, 7) is 1.79. The van der Waals surface area contributed by atoms with Gasteiger partial charge in [0.05, 0.1) is 11.4 Å². The van der Waals surface area contributed by atoms with Crippen LogP contribution in [0.15, 0.2) is 30.5 Å². The Morgan fingerprint density at radius 3 is 2.88 bits per heavy atom. The number of H-pyrrole nitrogens is 1. The molecule has 2 aromatic rings. The van der Waals surface area contributed by atoms with Crippen molar-refractivity contribution in [3.05, 3.63) is 47.0 Å². The van der Waals surface area contributed by atoms with Gasteiger partial charge >= 0.3 is 0 Å². The summed E-state index contributed by atoms with van der Waals surface area (Å²) in [5.41, 5.74) is 1.85. The Bertz CT molecular complexity index is 508. The molecular formula is C11H10ClN3O. The van der Waals surface area contributed by atoms with Crippen LogP contribution in [0.4, 0.5) is 5.69 Å². The molecule has 0 unspecified atom stereocenters. The van der Waals surface area contributed by atoms with E-state index in [1.54, 1.807) is 37.4 Å². The zero-order valence-corrected chi connectivity index (χ0v) is 9.38. The van der Waals surface area contributed by atoms with Crippen molar-refractivity contribution in [2.45, 2.75) is 6.92 Å². The predicted molar refractivity (Wildman–Crippen MR) is 62.7 cm³/mol. The lowest BCUT2D eigenvalue weighted by atomic mass is 10.3. The minimum atomic E-state index is -0.197. The maximum absolute atomic E-state index is 11.7. The van der Waals surface area contributed by atoms with Crippen molar-refractivity contribution in [1.29, 1.82) is 0 Å². The van der Waals surface area contributed by atoms with Crippen LogP contribution in [-0.2, 0) is 0 Å². The third kappa shape index (κ3) is 2.23. The van der Waals surface area contributed by atoms with Crippen molar-refractivity contribution in [2.75, 3.05) is 5.32 Å². The highest BCUT2D eigenvalue weighted by atomic mass is 35.5. The quantitative estimate of drug-likeness (QED) is 0.787. The average Bonchev–Trinajstić information content (AvgIpc) is 2.75. The number of rotatable bonds is 2. The van der Waals surface area contributed by atoms with Crippen LogP contribution < -0.4 is 5.32 Å². The minimum absolute atomic E-state index is 0.197. The number of anilines is 1. The molecule has 0 aliphatic rings. The van der Waals surface area contributed by atoms with E-state index in [9.17, 15) is 4.79 Å². The number of carbonyl (C=O) groups is 1. The number of aromatic nitrogens is 2. The van der Waals surface area contributed by atoms with Gasteiger partial charge in [-0.25, -0.2) is 4.98 Å². The lowest BCUT2D eigenvalue weighted by Crippen LogP contribution is -2.13. The molecule has 0 aromatic carbocycles. The van der Waals surface area contributed by atoms with Crippen LogP contribution >= 0.6 is 11.6 Å². The van der Waals surface area contributed by atoms with Crippen LogP contribution in [0.5, 0.6) is 0 Å². The second-order valence-electron chi connectivity index (χ2n) is 3.30. The molecular weight excluding hydrogens is 226 g/mol. The number of pyridine rings is 1. The van der Waals surface area contributed by atoms with Gasteiger partial charge in [0.2, 0.25) is 0 Å². The first-order valence-electron chi connectivity index (χ1n) is 4.75. The van der Waals surface area contributed by atoms with E-state index >= 15 is 0 Å². The largest absolute Gasteiger partial charge is 0.357 e. The van der Waals surface area contributed by atoms with Gasteiger partial charge in [-0.2, -0.15) is 0 Å². The van der Waals surface area contributed by atoms with Crippen LogP contribution in [0.3, 0.4) is 0 Å². The maximum atomic E-state index is 11.7. The molecule has 82 valence electrons. The molecule has 0 saturated heterocycles. The van der Waals surface area contributed by atoms with Gasteiger partial charge < -0.3 is 10.3 Å². The lowest BCUT2D eigenvalue weighted by Gasteiger charge is -2.06. The second-order valence-corrected chi connectivity index (χ2v) is 3.69. The highest BCUT2D eigenvalue weighted by Crippen LogP contribution is 2.16. The topological polar surface area (TPSA) is 57.8 Å². The van der Waals surface area contributed by atoms with Crippen molar-refractivity contribution in [1.82, 2.24) is 9.97 Å². The number of aromatic amines is 1. The smallest absolute Gasteiger partial charge is 0.272 e. The van der Waals surface area contributed by atoms with Gasteiger partial charge in [0.15, 0.2) is 0 Å². The molecule has 1 amide bonds. The molecule has 0 atom stereocenters. The Morgan fingerprint density at radius 1 is 1.44 bits per heavy atom. The fourth-order valence-electron chi connectivity index (χ4n) is 1.32. The molecule has 0 bridgehead atoms. The number of aryl methyl sites for hydroxylation is 1. The Morgan fingerprint density at radius 2 is 2.25 bits per heavy atom. The summed E-state index contributed by atoms with van der Waals surface area (Å²) in [5, 5.41) is 3.16. The molecule has 0 radical (unpaired) electrons. The number of carbonyl (C=O) groups excluding carboxylic acids is 1. The highest BCUT2D eigenvalue weighted by Gasteiger charge is 2.08. The normalized spacial score (nSPS) is 10.1. The molecule has 2 rings (SSSR count). The number of nitrogens with one attached hydrogen (secondary N) is 2. The number of hydrogen-bond donors (Lipinski definition) is 2. The lowest BCUT2D eigenvalue weighted by molar-refractivity contribution is 0.102. The Kier molecular flexibility index (Phi) is 2.92. The summed E-state index contributed by atoms with van der Waals surface area (Å²) < 4.78 is 0. The van der Waals surface area contributed by atoms with E-state index in [2.05, 4.69) is 15.3 Å². The highest BCUT2D eigenvalue weighted by molar-refractivity contribution is 6.29. The molecule has 2 N–H and O–H groups in total. The summed E-state index contributed by atoms with van der Waals surface area (Å²) in [6.07, 6.45) is 1.70. The number of amides is 1. The number of halogens is 1. The van der Waals surface area contributed by atoms with E-state index in [-0.39, 0.29) is 5.91 Å². The Balaban J connectivity index is 2.18.